The summed E-state index contributed by atoms with van der Waals surface area (Å²) in [7, 11) is 0. The number of para-hydroxylation sites is 1. The van der Waals surface area contributed by atoms with Crippen LogP contribution in [0.1, 0.15) is 5.56 Å². The van der Waals surface area contributed by atoms with E-state index in [4.69, 9.17) is 9.47 Å². The molecule has 11 nitrogen and oxygen atoms in total. The zero-order chi connectivity index (χ0) is 24.9. The molecule has 4 rings (SSSR count). The van der Waals surface area contributed by atoms with Crippen LogP contribution in [0.15, 0.2) is 60.2 Å². The van der Waals surface area contributed by atoms with Crippen LogP contribution in [-0.4, -0.2) is 63.4 Å². The Balaban J connectivity index is 1.36. The quantitative estimate of drug-likeness (QED) is 0.187. The maximum Gasteiger partial charge on any atom is 0.334 e. The van der Waals surface area contributed by atoms with Crippen LogP contribution in [0, 0.1) is 10.1 Å². The lowest BCUT2D eigenvalue weighted by Gasteiger charge is -2.52. The van der Waals surface area contributed by atoms with Crippen molar-refractivity contribution in [2.24, 2.45) is 0 Å². The molecule has 0 aliphatic carbocycles. The van der Waals surface area contributed by atoms with Gasteiger partial charge in [-0.3, -0.25) is 19.7 Å². The Morgan fingerprint density at radius 2 is 1.89 bits per heavy atom. The number of non-ortho nitro benzene ring substituents is 1. The maximum atomic E-state index is 12.8. The molecule has 180 valence electrons. The van der Waals surface area contributed by atoms with Crippen molar-refractivity contribution in [3.8, 4) is 5.75 Å². The molecule has 2 amide bonds. The topological polar surface area (TPSA) is 145 Å². The lowest BCUT2D eigenvalue weighted by atomic mass is 9.98. The number of nitro benzene ring substituents is 1. The van der Waals surface area contributed by atoms with E-state index < -0.39 is 40.2 Å². The summed E-state index contributed by atoms with van der Waals surface area (Å²) in [6.07, 6.45) is 0. The van der Waals surface area contributed by atoms with Gasteiger partial charge in [-0.15, -0.1) is 11.8 Å². The van der Waals surface area contributed by atoms with Crippen molar-refractivity contribution in [2.45, 2.75) is 24.1 Å². The molecule has 0 bridgehead atoms. The Morgan fingerprint density at radius 1 is 1.17 bits per heavy atom. The average Bonchev–Trinajstić information content (AvgIpc) is 2.88. The first-order valence-electron chi connectivity index (χ1n) is 10.4. The summed E-state index contributed by atoms with van der Waals surface area (Å²) in [5, 5.41) is 12.8. The number of benzene rings is 2. The summed E-state index contributed by atoms with van der Waals surface area (Å²) in [4.78, 5) is 60.7. The molecule has 2 aliphatic rings. The minimum Gasteiger partial charge on any atom is -0.484 e. The highest BCUT2D eigenvalue weighted by molar-refractivity contribution is 8.00. The average molecular weight is 497 g/mol. The molecular formula is C23H19N3O8S. The fraction of sp³-hybridized carbons (Fsp3) is 0.261. The number of β-lactam (4-membered cyclic amide) rings is 1. The number of nitro groups is 1. The summed E-state index contributed by atoms with van der Waals surface area (Å²) >= 11 is 1.23. The highest BCUT2D eigenvalue weighted by Gasteiger charge is 2.57. The van der Waals surface area contributed by atoms with Crippen molar-refractivity contribution in [3.05, 3.63) is 75.8 Å². The van der Waals surface area contributed by atoms with Gasteiger partial charge in [-0.1, -0.05) is 18.2 Å². The molecule has 2 fully saturated rings. The molecule has 2 heterocycles. The van der Waals surface area contributed by atoms with Gasteiger partial charge in [0, 0.05) is 17.9 Å². The van der Waals surface area contributed by atoms with Gasteiger partial charge >= 0.3 is 5.97 Å². The number of carbonyl (C=O) groups is 3. The number of amides is 2. The zero-order valence-electron chi connectivity index (χ0n) is 18.1. The minimum absolute atomic E-state index is 0.0606. The van der Waals surface area contributed by atoms with Gasteiger partial charge in [-0.2, -0.15) is 0 Å². The van der Waals surface area contributed by atoms with E-state index in [1.54, 1.807) is 30.2 Å². The molecule has 2 unspecified atom stereocenters. The van der Waals surface area contributed by atoms with Gasteiger partial charge in [0.1, 0.15) is 29.7 Å². The summed E-state index contributed by atoms with van der Waals surface area (Å²) in [6.45, 7) is -0.484. The highest BCUT2D eigenvalue weighted by atomic mass is 32.2. The van der Waals surface area contributed by atoms with Crippen LogP contribution in [0.4, 0.5) is 5.69 Å². The number of rotatable bonds is 8. The number of nitrogens with one attached hydrogen (secondary N) is 1. The monoisotopic (exact) mass is 497 g/mol. The standard InChI is InChI=1S/C23H19N3O8S/c27-10-15-13-35-22-19(24-18(28)12-33-17-4-2-1-3-5-17)21(29)25(22)20(15)23(30)34-11-14-6-8-16(9-7-14)26(31)32/h1-9,19-20,22H,11-13H2,(H,24,28)/t19?,20?,22-/m1/s1. The van der Waals surface area contributed by atoms with Crippen molar-refractivity contribution >= 4 is 41.2 Å². The Kier molecular flexibility index (Phi) is 7.14. The fourth-order valence-electron chi connectivity index (χ4n) is 3.66. The molecule has 2 aliphatic heterocycles. The van der Waals surface area contributed by atoms with Crippen LogP contribution >= 0.6 is 11.8 Å². The number of hydrogen-bond donors (Lipinski definition) is 1. The van der Waals surface area contributed by atoms with Crippen LogP contribution in [0.2, 0.25) is 0 Å². The van der Waals surface area contributed by atoms with E-state index in [1.807, 2.05) is 6.07 Å². The Labute approximate surface area is 203 Å². The van der Waals surface area contributed by atoms with Crippen molar-refractivity contribution in [1.29, 1.82) is 0 Å². The van der Waals surface area contributed by atoms with Crippen LogP contribution in [0.3, 0.4) is 0 Å². The molecule has 0 spiro atoms. The summed E-state index contributed by atoms with van der Waals surface area (Å²) in [5.74, 6) is 0.522. The number of esters is 1. The number of thioether (sulfide) groups is 1. The number of hydrogen-bond acceptors (Lipinski definition) is 9. The van der Waals surface area contributed by atoms with E-state index in [1.165, 1.54) is 40.9 Å². The zero-order valence-corrected chi connectivity index (χ0v) is 18.9. The third kappa shape index (κ3) is 5.18. The first-order chi connectivity index (χ1) is 16.9. The largest absolute Gasteiger partial charge is 0.484 e. The van der Waals surface area contributed by atoms with Gasteiger partial charge in [0.05, 0.1) is 10.5 Å². The Bertz CT molecular complexity index is 1200. The third-order valence-corrected chi connectivity index (χ3v) is 6.73. The lowest BCUT2D eigenvalue weighted by molar-refractivity contribution is -0.384. The van der Waals surface area contributed by atoms with Gasteiger partial charge in [0.2, 0.25) is 5.91 Å². The maximum absolute atomic E-state index is 12.8. The van der Waals surface area contributed by atoms with Crippen LogP contribution in [0.5, 0.6) is 5.75 Å². The van der Waals surface area contributed by atoms with Gasteiger partial charge in [-0.25, -0.2) is 9.59 Å². The van der Waals surface area contributed by atoms with Crippen LogP contribution in [-0.2, 0) is 30.5 Å². The molecule has 35 heavy (non-hydrogen) atoms. The first kappa shape index (κ1) is 24.0. The molecule has 2 aromatic rings. The number of ether oxygens (including phenoxy) is 2. The van der Waals surface area contributed by atoms with E-state index in [0.717, 1.165) is 0 Å². The van der Waals surface area contributed by atoms with E-state index in [9.17, 15) is 29.3 Å². The van der Waals surface area contributed by atoms with E-state index in [2.05, 4.69) is 5.32 Å². The molecule has 0 saturated carbocycles. The molecule has 2 saturated heterocycles. The second-order valence-electron chi connectivity index (χ2n) is 7.66. The first-order valence-corrected chi connectivity index (χ1v) is 11.5. The summed E-state index contributed by atoms with van der Waals surface area (Å²) in [6, 6.07) is 12.0. The van der Waals surface area contributed by atoms with Gasteiger partial charge < -0.3 is 19.7 Å². The van der Waals surface area contributed by atoms with E-state index >= 15 is 0 Å². The molecular weight excluding hydrogens is 478 g/mol. The lowest BCUT2D eigenvalue weighted by Crippen LogP contribution is -2.75. The second-order valence-corrected chi connectivity index (χ2v) is 8.76. The highest BCUT2D eigenvalue weighted by Crippen LogP contribution is 2.40. The predicted molar refractivity (Wildman–Crippen MR) is 123 cm³/mol. The second kappa shape index (κ2) is 10.4. The predicted octanol–water partition coefficient (Wildman–Crippen LogP) is 1.24. The van der Waals surface area contributed by atoms with E-state index in [-0.39, 0.29) is 30.2 Å². The van der Waals surface area contributed by atoms with Gasteiger partial charge in [0.15, 0.2) is 12.6 Å². The number of nitrogens with zero attached hydrogens (tertiary/aromatic N) is 2. The van der Waals surface area contributed by atoms with E-state index in [0.29, 0.717) is 11.3 Å². The number of fused-ring (bicyclic) bond motifs is 1. The fourth-order valence-corrected chi connectivity index (χ4v) is 4.99. The van der Waals surface area contributed by atoms with Crippen molar-refractivity contribution in [1.82, 2.24) is 10.2 Å². The minimum atomic E-state index is -1.25. The molecule has 3 atom stereocenters. The summed E-state index contributed by atoms with van der Waals surface area (Å²) < 4.78 is 10.7. The summed E-state index contributed by atoms with van der Waals surface area (Å²) in [5.41, 5.74) is 0.457. The Hall–Kier alpha value is -4.15. The Morgan fingerprint density at radius 3 is 2.54 bits per heavy atom. The molecule has 0 radical (unpaired) electrons. The molecule has 12 heteroatoms. The van der Waals surface area contributed by atoms with Crippen LogP contribution < -0.4 is 10.1 Å². The van der Waals surface area contributed by atoms with Crippen molar-refractivity contribution in [3.63, 3.8) is 0 Å². The van der Waals surface area contributed by atoms with Crippen molar-refractivity contribution < 1.29 is 33.6 Å². The van der Waals surface area contributed by atoms with Gasteiger partial charge in [0.25, 0.3) is 11.6 Å². The van der Waals surface area contributed by atoms with Gasteiger partial charge in [-0.05, 0) is 29.8 Å². The van der Waals surface area contributed by atoms with Crippen LogP contribution in [0.25, 0.3) is 0 Å². The van der Waals surface area contributed by atoms with Crippen molar-refractivity contribution in [2.75, 3.05) is 12.4 Å². The molecule has 1 N–H and O–H groups in total. The third-order valence-electron chi connectivity index (χ3n) is 5.41. The SMILES string of the molecule is O=C=C1CS[C@@H]2C(NC(=O)COc3ccccc3)C(=O)N2C1C(=O)OCc1ccc([N+](=O)[O-])cc1. The normalized spacial score (nSPS) is 20.7. The molecule has 0 aromatic heterocycles. The smallest absolute Gasteiger partial charge is 0.334 e. The molecule has 2 aromatic carbocycles. The number of carbonyl (C=O) groups excluding carboxylic acids is 4.